The fraction of sp³-hybridized carbons (Fsp3) is 0.200. The van der Waals surface area contributed by atoms with Gasteiger partial charge in [-0.25, -0.2) is 0 Å². The zero-order valence-corrected chi connectivity index (χ0v) is 18.9. The highest BCUT2D eigenvalue weighted by Gasteiger charge is 2.12. The van der Waals surface area contributed by atoms with Crippen LogP contribution in [0.15, 0.2) is 42.5 Å². The lowest BCUT2D eigenvalue weighted by molar-refractivity contribution is -0.124. The minimum atomic E-state index is -0.425. The second-order valence-electron chi connectivity index (χ2n) is 6.28. The summed E-state index contributed by atoms with van der Waals surface area (Å²) >= 11 is 7.05. The zero-order chi connectivity index (χ0) is 21.4. The monoisotopic (exact) mass is 524 g/mol. The first-order valence-electron chi connectivity index (χ1n) is 8.78. The summed E-state index contributed by atoms with van der Waals surface area (Å²) in [4.78, 5) is 36.0. The quantitative estimate of drug-likeness (QED) is 0.274. The number of aryl methyl sites for hydroxylation is 2. The Morgan fingerprint density at radius 1 is 0.931 bits per heavy atom. The van der Waals surface area contributed by atoms with Crippen molar-refractivity contribution in [1.29, 1.82) is 0 Å². The van der Waals surface area contributed by atoms with Gasteiger partial charge in [0.05, 0.1) is 5.56 Å². The number of benzene rings is 2. The summed E-state index contributed by atoms with van der Waals surface area (Å²) in [5.41, 5.74) is 8.20. The first kappa shape index (κ1) is 22.8. The van der Waals surface area contributed by atoms with Crippen LogP contribution in [-0.2, 0) is 9.59 Å². The molecule has 2 rings (SSSR count). The summed E-state index contributed by atoms with van der Waals surface area (Å²) in [6, 6.07) is 12.7. The molecule has 2 aromatic rings. The summed E-state index contributed by atoms with van der Waals surface area (Å²) in [6.45, 7) is 3.95. The Kier molecular flexibility index (Phi) is 8.52. The lowest BCUT2D eigenvalue weighted by Gasteiger charge is -2.11. The molecule has 0 aliphatic rings. The number of carbonyl (C=O) groups excluding carboxylic acids is 3. The predicted octanol–water partition coefficient (Wildman–Crippen LogP) is 2.96. The molecule has 0 saturated heterocycles. The van der Waals surface area contributed by atoms with Gasteiger partial charge in [-0.1, -0.05) is 18.2 Å². The molecule has 9 heteroatoms. The van der Waals surface area contributed by atoms with Crippen molar-refractivity contribution in [3.8, 4) is 0 Å². The van der Waals surface area contributed by atoms with Crippen LogP contribution in [0.5, 0.6) is 0 Å². The lowest BCUT2D eigenvalue weighted by Crippen LogP contribution is -2.48. The zero-order valence-electron chi connectivity index (χ0n) is 16.0. The Bertz CT molecular complexity index is 949. The number of halogens is 1. The average Bonchev–Trinajstić information content (AvgIpc) is 2.68. The standard InChI is InChI=1S/C20H21IN4O3S/c1-12-7-8-14(11-13(12)2)22-17(26)9-10-18(27)24-25-20(29)23-19(28)15-5-3-4-6-16(15)21/h3-8,11H,9-10H2,1-2H3,(H,22,26)(H,24,27)(H2,23,25,28,29). The number of hydrogen-bond donors (Lipinski definition) is 4. The van der Waals surface area contributed by atoms with Gasteiger partial charge in [-0.15, -0.1) is 0 Å². The van der Waals surface area contributed by atoms with E-state index in [1.54, 1.807) is 18.2 Å². The van der Waals surface area contributed by atoms with Crippen molar-refractivity contribution in [2.45, 2.75) is 26.7 Å². The molecule has 0 aliphatic carbocycles. The molecule has 3 amide bonds. The smallest absolute Gasteiger partial charge is 0.258 e. The number of hydrazine groups is 1. The van der Waals surface area contributed by atoms with Crippen LogP contribution in [0, 0.1) is 17.4 Å². The molecule has 0 fully saturated rings. The number of carbonyl (C=O) groups is 3. The fourth-order valence-electron chi connectivity index (χ4n) is 2.31. The maximum absolute atomic E-state index is 12.1. The molecular formula is C20H21IN4O3S. The lowest BCUT2D eigenvalue weighted by atomic mass is 10.1. The number of rotatable bonds is 5. The minimum Gasteiger partial charge on any atom is -0.326 e. The van der Waals surface area contributed by atoms with Crippen LogP contribution < -0.4 is 21.5 Å². The molecule has 0 aliphatic heterocycles. The van der Waals surface area contributed by atoms with Crippen molar-refractivity contribution in [2.75, 3.05) is 5.32 Å². The average molecular weight is 524 g/mol. The van der Waals surface area contributed by atoms with E-state index < -0.39 is 5.91 Å². The second-order valence-corrected chi connectivity index (χ2v) is 7.85. The van der Waals surface area contributed by atoms with Crippen LogP contribution in [0.25, 0.3) is 0 Å². The Morgan fingerprint density at radius 3 is 2.31 bits per heavy atom. The third-order valence-corrected chi connectivity index (χ3v) is 5.18. The summed E-state index contributed by atoms with van der Waals surface area (Å²) < 4.78 is 0.782. The maximum atomic E-state index is 12.1. The van der Waals surface area contributed by atoms with Gasteiger partial charge in [-0.05, 0) is 84.0 Å². The summed E-state index contributed by atoms with van der Waals surface area (Å²) in [7, 11) is 0. The number of amides is 3. The Hall–Kier alpha value is -2.53. The third kappa shape index (κ3) is 7.42. The third-order valence-electron chi connectivity index (χ3n) is 4.03. The molecule has 0 aromatic heterocycles. The van der Waals surface area contributed by atoms with E-state index >= 15 is 0 Å². The molecule has 0 saturated carbocycles. The van der Waals surface area contributed by atoms with Gasteiger partial charge in [0.15, 0.2) is 5.11 Å². The minimum absolute atomic E-state index is 0.0156. The van der Waals surface area contributed by atoms with E-state index in [1.807, 2.05) is 38.1 Å². The largest absolute Gasteiger partial charge is 0.326 e. The molecule has 29 heavy (non-hydrogen) atoms. The molecule has 2 aromatic carbocycles. The van der Waals surface area contributed by atoms with E-state index in [-0.39, 0.29) is 29.8 Å². The highest BCUT2D eigenvalue weighted by molar-refractivity contribution is 14.1. The van der Waals surface area contributed by atoms with E-state index in [9.17, 15) is 14.4 Å². The predicted molar refractivity (Wildman–Crippen MR) is 124 cm³/mol. The molecule has 0 atom stereocenters. The first-order valence-corrected chi connectivity index (χ1v) is 10.3. The van der Waals surface area contributed by atoms with Crippen molar-refractivity contribution in [3.05, 3.63) is 62.7 Å². The molecule has 152 valence electrons. The highest BCUT2D eigenvalue weighted by atomic mass is 127. The van der Waals surface area contributed by atoms with Gasteiger partial charge in [-0.3, -0.25) is 30.6 Å². The van der Waals surface area contributed by atoms with Crippen molar-refractivity contribution >= 4 is 63.3 Å². The van der Waals surface area contributed by atoms with E-state index in [4.69, 9.17) is 12.2 Å². The van der Waals surface area contributed by atoms with Gasteiger partial charge in [-0.2, -0.15) is 0 Å². The van der Waals surface area contributed by atoms with Crippen LogP contribution in [0.4, 0.5) is 5.69 Å². The molecule has 7 nitrogen and oxygen atoms in total. The van der Waals surface area contributed by atoms with E-state index in [1.165, 1.54) is 0 Å². The van der Waals surface area contributed by atoms with Gasteiger partial charge >= 0.3 is 0 Å². The van der Waals surface area contributed by atoms with Crippen molar-refractivity contribution in [3.63, 3.8) is 0 Å². The Labute approximate surface area is 188 Å². The van der Waals surface area contributed by atoms with Gasteiger partial charge in [0.2, 0.25) is 11.8 Å². The van der Waals surface area contributed by atoms with Gasteiger partial charge in [0.1, 0.15) is 0 Å². The molecule has 0 unspecified atom stereocenters. The second kappa shape index (κ2) is 10.9. The molecule has 4 N–H and O–H groups in total. The summed E-state index contributed by atoms with van der Waals surface area (Å²) in [5, 5.41) is 5.20. The van der Waals surface area contributed by atoms with E-state index in [0.717, 1.165) is 14.7 Å². The highest BCUT2D eigenvalue weighted by Crippen LogP contribution is 2.14. The van der Waals surface area contributed by atoms with Crippen molar-refractivity contribution < 1.29 is 14.4 Å². The van der Waals surface area contributed by atoms with E-state index in [2.05, 4.69) is 44.1 Å². The van der Waals surface area contributed by atoms with Crippen LogP contribution in [0.2, 0.25) is 0 Å². The number of thiocarbonyl (C=S) groups is 1. The van der Waals surface area contributed by atoms with Crippen LogP contribution >= 0.6 is 34.8 Å². The Balaban J connectivity index is 1.71. The maximum Gasteiger partial charge on any atom is 0.258 e. The topological polar surface area (TPSA) is 99.3 Å². The van der Waals surface area contributed by atoms with E-state index in [0.29, 0.717) is 11.3 Å². The first-order chi connectivity index (χ1) is 13.8. The van der Waals surface area contributed by atoms with Crippen LogP contribution in [0.3, 0.4) is 0 Å². The molecule has 0 bridgehead atoms. The van der Waals surface area contributed by atoms with Crippen LogP contribution in [0.1, 0.15) is 34.3 Å². The molecular weight excluding hydrogens is 503 g/mol. The van der Waals surface area contributed by atoms with Gasteiger partial charge in [0, 0.05) is 22.1 Å². The molecule has 0 heterocycles. The number of nitrogens with one attached hydrogen (secondary N) is 4. The fourth-order valence-corrected chi connectivity index (χ4v) is 3.08. The normalized spacial score (nSPS) is 10.0. The number of anilines is 1. The van der Waals surface area contributed by atoms with Crippen molar-refractivity contribution in [2.24, 2.45) is 0 Å². The van der Waals surface area contributed by atoms with Crippen LogP contribution in [-0.4, -0.2) is 22.8 Å². The molecule has 0 spiro atoms. The van der Waals surface area contributed by atoms with Crippen molar-refractivity contribution in [1.82, 2.24) is 16.2 Å². The molecule has 0 radical (unpaired) electrons. The van der Waals surface area contributed by atoms with Gasteiger partial charge < -0.3 is 5.32 Å². The Morgan fingerprint density at radius 2 is 1.62 bits per heavy atom. The van der Waals surface area contributed by atoms with Gasteiger partial charge in [0.25, 0.3) is 5.91 Å². The number of hydrogen-bond acceptors (Lipinski definition) is 4. The SMILES string of the molecule is Cc1ccc(NC(=O)CCC(=O)NNC(=S)NC(=O)c2ccccc2I)cc1C. The summed E-state index contributed by atoms with van der Waals surface area (Å²) in [6.07, 6.45) is -0.0153. The summed E-state index contributed by atoms with van der Waals surface area (Å²) in [5.74, 6) is -1.07.